The summed E-state index contributed by atoms with van der Waals surface area (Å²) in [4.78, 5) is 6.07. The molecule has 15 heavy (non-hydrogen) atoms. The van der Waals surface area contributed by atoms with Crippen LogP contribution >= 0.6 is 0 Å². The van der Waals surface area contributed by atoms with Gasteiger partial charge in [-0.3, -0.25) is 9.88 Å². The number of pyridine rings is 1. The number of hydrogen-bond acceptors (Lipinski definition) is 4. The van der Waals surface area contributed by atoms with Gasteiger partial charge in [-0.15, -0.1) is 0 Å². The van der Waals surface area contributed by atoms with Crippen molar-refractivity contribution in [2.45, 2.75) is 6.42 Å². The van der Waals surface area contributed by atoms with Crippen LogP contribution in [0.2, 0.25) is 0 Å². The number of nitrogens with zero attached hydrogens (tertiary/aromatic N) is 2. The molecule has 0 saturated heterocycles. The van der Waals surface area contributed by atoms with Crippen molar-refractivity contribution in [1.82, 2.24) is 9.88 Å². The summed E-state index contributed by atoms with van der Waals surface area (Å²) in [6.45, 7) is 2.33. The quantitative estimate of drug-likeness (QED) is 0.660. The van der Waals surface area contributed by atoms with E-state index in [4.69, 9.17) is 10.2 Å². The van der Waals surface area contributed by atoms with Gasteiger partial charge in [-0.05, 0) is 18.1 Å². The Kier molecular flexibility index (Phi) is 5.92. The molecule has 0 saturated carbocycles. The van der Waals surface area contributed by atoms with Crippen molar-refractivity contribution < 1.29 is 10.2 Å². The van der Waals surface area contributed by atoms with Crippen LogP contribution in [0.3, 0.4) is 0 Å². The molecule has 2 N–H and O–H groups in total. The summed E-state index contributed by atoms with van der Waals surface area (Å²) in [5.41, 5.74) is 1.18. The fourth-order valence-electron chi connectivity index (χ4n) is 1.45. The zero-order valence-corrected chi connectivity index (χ0v) is 8.84. The fourth-order valence-corrected chi connectivity index (χ4v) is 1.45. The van der Waals surface area contributed by atoms with Gasteiger partial charge < -0.3 is 10.2 Å². The lowest BCUT2D eigenvalue weighted by atomic mass is 10.2. The molecule has 0 aromatic carbocycles. The SMILES string of the molecule is OCCN(CCO)CCc1cccnc1. The first-order valence-electron chi connectivity index (χ1n) is 5.20. The number of hydrogen-bond donors (Lipinski definition) is 2. The van der Waals surface area contributed by atoms with E-state index in [9.17, 15) is 0 Å². The van der Waals surface area contributed by atoms with E-state index in [0.29, 0.717) is 13.1 Å². The van der Waals surface area contributed by atoms with E-state index in [1.807, 2.05) is 23.2 Å². The van der Waals surface area contributed by atoms with Gasteiger partial charge in [-0.25, -0.2) is 0 Å². The van der Waals surface area contributed by atoms with Crippen molar-refractivity contribution in [2.75, 3.05) is 32.8 Å². The molecule has 0 atom stereocenters. The highest BCUT2D eigenvalue weighted by Crippen LogP contribution is 1.99. The molecule has 4 heteroatoms. The monoisotopic (exact) mass is 210 g/mol. The number of aromatic nitrogens is 1. The van der Waals surface area contributed by atoms with Crippen LogP contribution in [0.5, 0.6) is 0 Å². The Morgan fingerprint density at radius 3 is 2.40 bits per heavy atom. The minimum Gasteiger partial charge on any atom is -0.395 e. The summed E-state index contributed by atoms with van der Waals surface area (Å²) in [5, 5.41) is 17.6. The van der Waals surface area contributed by atoms with E-state index in [-0.39, 0.29) is 13.2 Å². The Balaban J connectivity index is 2.33. The Bertz CT molecular complexity index is 248. The van der Waals surface area contributed by atoms with Crippen molar-refractivity contribution in [3.8, 4) is 0 Å². The Labute approximate surface area is 90.2 Å². The smallest absolute Gasteiger partial charge is 0.0558 e. The zero-order chi connectivity index (χ0) is 10.9. The van der Waals surface area contributed by atoms with Crippen molar-refractivity contribution in [3.05, 3.63) is 30.1 Å². The third kappa shape index (κ3) is 4.88. The van der Waals surface area contributed by atoms with Crippen molar-refractivity contribution in [2.24, 2.45) is 0 Å². The average molecular weight is 210 g/mol. The predicted molar refractivity (Wildman–Crippen MR) is 58.6 cm³/mol. The van der Waals surface area contributed by atoms with Crippen molar-refractivity contribution in [3.63, 3.8) is 0 Å². The molecule has 0 aliphatic carbocycles. The fraction of sp³-hybridized carbons (Fsp3) is 0.545. The second-order valence-electron chi connectivity index (χ2n) is 3.40. The third-order valence-electron chi connectivity index (χ3n) is 2.27. The van der Waals surface area contributed by atoms with Gasteiger partial charge in [0.15, 0.2) is 0 Å². The molecule has 1 aromatic heterocycles. The first kappa shape index (κ1) is 12.1. The maximum absolute atomic E-state index is 8.82. The molecule has 1 heterocycles. The van der Waals surface area contributed by atoms with Crippen molar-refractivity contribution >= 4 is 0 Å². The van der Waals surface area contributed by atoms with Gasteiger partial charge >= 0.3 is 0 Å². The van der Waals surface area contributed by atoms with E-state index in [2.05, 4.69) is 4.98 Å². The minimum absolute atomic E-state index is 0.132. The van der Waals surface area contributed by atoms with Crippen LogP contribution in [0.1, 0.15) is 5.56 Å². The topological polar surface area (TPSA) is 56.6 Å². The molecule has 0 fully saturated rings. The molecule has 0 unspecified atom stereocenters. The second kappa shape index (κ2) is 7.34. The molecule has 1 aromatic rings. The van der Waals surface area contributed by atoms with Crippen LogP contribution in [0.4, 0.5) is 0 Å². The summed E-state index contributed by atoms with van der Waals surface area (Å²) in [6.07, 6.45) is 4.49. The first-order chi connectivity index (χ1) is 7.36. The summed E-state index contributed by atoms with van der Waals surface area (Å²) < 4.78 is 0. The third-order valence-corrected chi connectivity index (χ3v) is 2.27. The molecular weight excluding hydrogens is 192 g/mol. The predicted octanol–water partition coefficient (Wildman–Crippen LogP) is -0.0893. The van der Waals surface area contributed by atoms with E-state index in [0.717, 1.165) is 13.0 Å². The van der Waals surface area contributed by atoms with E-state index < -0.39 is 0 Å². The molecule has 0 aliphatic heterocycles. The molecule has 0 amide bonds. The molecule has 4 nitrogen and oxygen atoms in total. The molecule has 1 rings (SSSR count). The van der Waals surface area contributed by atoms with E-state index in [1.165, 1.54) is 5.56 Å². The van der Waals surface area contributed by atoms with Crippen LogP contribution in [0.25, 0.3) is 0 Å². The van der Waals surface area contributed by atoms with Gasteiger partial charge in [0.2, 0.25) is 0 Å². The summed E-state index contributed by atoms with van der Waals surface area (Å²) >= 11 is 0. The highest BCUT2D eigenvalue weighted by molar-refractivity contribution is 5.08. The molecule has 0 spiro atoms. The Morgan fingerprint density at radius 1 is 1.13 bits per heavy atom. The minimum atomic E-state index is 0.132. The van der Waals surface area contributed by atoms with Crippen molar-refractivity contribution in [1.29, 1.82) is 0 Å². The molecular formula is C11H18N2O2. The molecule has 0 bridgehead atoms. The van der Waals surface area contributed by atoms with Gasteiger partial charge in [0.1, 0.15) is 0 Å². The van der Waals surface area contributed by atoms with Crippen LogP contribution in [0, 0.1) is 0 Å². The molecule has 84 valence electrons. The van der Waals surface area contributed by atoms with E-state index in [1.54, 1.807) is 6.20 Å². The summed E-state index contributed by atoms with van der Waals surface area (Å²) in [5.74, 6) is 0. The highest BCUT2D eigenvalue weighted by Gasteiger charge is 2.03. The Hall–Kier alpha value is -0.970. The van der Waals surface area contributed by atoms with Crippen LogP contribution < -0.4 is 0 Å². The maximum Gasteiger partial charge on any atom is 0.0558 e. The molecule has 0 radical (unpaired) electrons. The largest absolute Gasteiger partial charge is 0.395 e. The van der Waals surface area contributed by atoms with Crippen LogP contribution in [-0.2, 0) is 6.42 Å². The van der Waals surface area contributed by atoms with E-state index >= 15 is 0 Å². The highest BCUT2D eigenvalue weighted by atomic mass is 16.3. The molecule has 0 aliphatic rings. The van der Waals surface area contributed by atoms with Gasteiger partial charge in [0, 0.05) is 32.0 Å². The lowest BCUT2D eigenvalue weighted by molar-refractivity contribution is 0.162. The normalized spacial score (nSPS) is 10.9. The van der Waals surface area contributed by atoms with Gasteiger partial charge in [-0.1, -0.05) is 6.07 Å². The van der Waals surface area contributed by atoms with Crippen LogP contribution in [0.15, 0.2) is 24.5 Å². The van der Waals surface area contributed by atoms with Gasteiger partial charge in [-0.2, -0.15) is 0 Å². The van der Waals surface area contributed by atoms with Gasteiger partial charge in [0.25, 0.3) is 0 Å². The summed E-state index contributed by atoms with van der Waals surface area (Å²) in [7, 11) is 0. The van der Waals surface area contributed by atoms with Gasteiger partial charge in [0.05, 0.1) is 13.2 Å². The maximum atomic E-state index is 8.82. The Morgan fingerprint density at radius 2 is 1.87 bits per heavy atom. The second-order valence-corrected chi connectivity index (χ2v) is 3.40. The lowest BCUT2D eigenvalue weighted by Gasteiger charge is -2.19. The standard InChI is InChI=1S/C11H18N2O2/c14-8-6-13(7-9-15)5-3-11-2-1-4-12-10-11/h1-2,4,10,14-15H,3,5-9H2. The first-order valence-corrected chi connectivity index (χ1v) is 5.20. The number of rotatable bonds is 7. The zero-order valence-electron chi connectivity index (χ0n) is 8.84. The average Bonchev–Trinajstić information content (AvgIpc) is 2.28. The number of aliphatic hydroxyl groups excluding tert-OH is 2. The lowest BCUT2D eigenvalue weighted by Crippen LogP contribution is -2.31. The number of aliphatic hydroxyl groups is 2. The van der Waals surface area contributed by atoms with Crippen LogP contribution in [-0.4, -0.2) is 52.9 Å². The summed E-state index contributed by atoms with van der Waals surface area (Å²) in [6, 6.07) is 3.95.